The Kier molecular flexibility index (Phi) is 5.49. The van der Waals surface area contributed by atoms with Gasteiger partial charge < -0.3 is 15.0 Å². The van der Waals surface area contributed by atoms with Gasteiger partial charge in [0.2, 0.25) is 0 Å². The molecule has 1 amide bonds. The van der Waals surface area contributed by atoms with E-state index in [1.807, 2.05) is 18.2 Å². The standard InChI is InChI=1S/C27H23F2N5O2/c1-33-23-13-22(28)24(25(29)21(23)15-31-33)27(35)32-18-5-2-17-14-30-26(20(17)12-18)16-3-6-19(7-4-16)34-8-10-36-11-9-34/h2-7,12-13,15H,8-11,14H2,1H3,(H,32,35). The number of hydrogen-bond donors (Lipinski definition) is 1. The number of benzene rings is 3. The Morgan fingerprint density at radius 3 is 2.61 bits per heavy atom. The van der Waals surface area contributed by atoms with Gasteiger partial charge in [-0.15, -0.1) is 0 Å². The summed E-state index contributed by atoms with van der Waals surface area (Å²) in [6, 6.07) is 14.7. The monoisotopic (exact) mass is 487 g/mol. The molecule has 0 atom stereocenters. The van der Waals surface area contributed by atoms with Crippen LogP contribution in [0.3, 0.4) is 0 Å². The molecule has 7 nitrogen and oxygen atoms in total. The van der Waals surface area contributed by atoms with Crippen molar-refractivity contribution in [2.75, 3.05) is 36.5 Å². The van der Waals surface area contributed by atoms with Gasteiger partial charge in [0.15, 0.2) is 0 Å². The number of aryl methyl sites for hydroxylation is 1. The topological polar surface area (TPSA) is 71.8 Å². The predicted octanol–water partition coefficient (Wildman–Crippen LogP) is 4.29. The number of nitrogens with one attached hydrogen (secondary N) is 1. The van der Waals surface area contributed by atoms with E-state index in [1.165, 1.54) is 10.9 Å². The first kappa shape index (κ1) is 22.4. The molecule has 4 aromatic rings. The molecule has 0 bridgehead atoms. The summed E-state index contributed by atoms with van der Waals surface area (Å²) in [6.07, 6.45) is 1.28. The highest BCUT2D eigenvalue weighted by atomic mass is 19.1. The number of nitrogens with zero attached hydrogens (tertiary/aromatic N) is 4. The van der Waals surface area contributed by atoms with Gasteiger partial charge >= 0.3 is 0 Å². The molecule has 2 aliphatic heterocycles. The number of halogens is 2. The average Bonchev–Trinajstić information content (AvgIpc) is 3.48. The van der Waals surface area contributed by atoms with Gasteiger partial charge in [0.1, 0.15) is 17.2 Å². The molecule has 0 radical (unpaired) electrons. The quantitative estimate of drug-likeness (QED) is 0.466. The number of carbonyl (C=O) groups excluding carboxylic acids is 1. The minimum atomic E-state index is -0.940. The maximum atomic E-state index is 15.0. The van der Waals surface area contributed by atoms with E-state index in [1.54, 1.807) is 19.2 Å². The molecule has 6 rings (SSSR count). The number of anilines is 2. The summed E-state index contributed by atoms with van der Waals surface area (Å²) < 4.78 is 36.5. The Morgan fingerprint density at radius 2 is 1.83 bits per heavy atom. The summed E-state index contributed by atoms with van der Waals surface area (Å²) >= 11 is 0. The predicted molar refractivity (Wildman–Crippen MR) is 134 cm³/mol. The van der Waals surface area contributed by atoms with Crippen LogP contribution in [-0.2, 0) is 18.3 Å². The van der Waals surface area contributed by atoms with E-state index in [0.717, 1.165) is 60.5 Å². The van der Waals surface area contributed by atoms with Crippen LogP contribution in [0.2, 0.25) is 0 Å². The molecule has 1 aromatic heterocycles. The van der Waals surface area contributed by atoms with Gasteiger partial charge in [-0.25, -0.2) is 8.78 Å². The Morgan fingerprint density at radius 1 is 1.06 bits per heavy atom. The number of amides is 1. The van der Waals surface area contributed by atoms with Crippen molar-refractivity contribution in [2.24, 2.45) is 12.0 Å². The summed E-state index contributed by atoms with van der Waals surface area (Å²) in [4.78, 5) is 19.9. The zero-order chi connectivity index (χ0) is 24.8. The third kappa shape index (κ3) is 3.81. The molecule has 182 valence electrons. The molecule has 0 saturated carbocycles. The van der Waals surface area contributed by atoms with Crippen LogP contribution in [0, 0.1) is 11.6 Å². The van der Waals surface area contributed by atoms with E-state index in [9.17, 15) is 13.6 Å². The van der Waals surface area contributed by atoms with E-state index in [-0.39, 0.29) is 10.9 Å². The maximum Gasteiger partial charge on any atom is 0.261 e. The van der Waals surface area contributed by atoms with Crippen LogP contribution in [0.4, 0.5) is 20.2 Å². The Hall–Kier alpha value is -4.11. The number of fused-ring (bicyclic) bond motifs is 2. The van der Waals surface area contributed by atoms with Crippen molar-refractivity contribution in [3.8, 4) is 0 Å². The van der Waals surface area contributed by atoms with Gasteiger partial charge in [-0.1, -0.05) is 18.2 Å². The third-order valence-electron chi connectivity index (χ3n) is 6.72. The third-order valence-corrected chi connectivity index (χ3v) is 6.72. The van der Waals surface area contributed by atoms with Gasteiger partial charge in [0.25, 0.3) is 5.91 Å². The summed E-state index contributed by atoms with van der Waals surface area (Å²) in [5, 5.41) is 6.68. The molecular weight excluding hydrogens is 464 g/mol. The summed E-state index contributed by atoms with van der Waals surface area (Å²) in [5.41, 5.74) is 4.91. The van der Waals surface area contributed by atoms with Crippen LogP contribution < -0.4 is 10.2 Å². The van der Waals surface area contributed by atoms with E-state index in [2.05, 4.69) is 27.4 Å². The zero-order valence-electron chi connectivity index (χ0n) is 19.6. The van der Waals surface area contributed by atoms with Gasteiger partial charge in [-0.3, -0.25) is 14.5 Å². The van der Waals surface area contributed by atoms with Crippen molar-refractivity contribution in [3.05, 3.63) is 88.6 Å². The number of ether oxygens (including phenoxy) is 1. The molecule has 1 saturated heterocycles. The van der Waals surface area contributed by atoms with Crippen molar-refractivity contribution in [1.82, 2.24) is 9.78 Å². The number of aromatic nitrogens is 2. The lowest BCUT2D eigenvalue weighted by Crippen LogP contribution is -2.36. The number of hydrogen-bond acceptors (Lipinski definition) is 5. The summed E-state index contributed by atoms with van der Waals surface area (Å²) in [5.74, 6) is -2.73. The van der Waals surface area contributed by atoms with Crippen molar-refractivity contribution in [3.63, 3.8) is 0 Å². The highest BCUT2D eigenvalue weighted by Crippen LogP contribution is 2.29. The van der Waals surface area contributed by atoms with Crippen LogP contribution in [0.15, 0.2) is 59.7 Å². The highest BCUT2D eigenvalue weighted by Gasteiger charge is 2.24. The molecule has 0 spiro atoms. The Labute approximate surface area is 206 Å². The minimum absolute atomic E-state index is 0.0907. The van der Waals surface area contributed by atoms with Crippen LogP contribution in [-0.4, -0.2) is 47.7 Å². The smallest absolute Gasteiger partial charge is 0.261 e. The van der Waals surface area contributed by atoms with E-state index in [0.29, 0.717) is 12.2 Å². The number of carbonyl (C=O) groups is 1. The number of rotatable bonds is 4. The first-order valence-electron chi connectivity index (χ1n) is 11.7. The second kappa shape index (κ2) is 8.83. The molecule has 2 aliphatic rings. The largest absolute Gasteiger partial charge is 0.378 e. The second-order valence-electron chi connectivity index (χ2n) is 8.89. The Bertz CT molecular complexity index is 1520. The molecule has 0 unspecified atom stereocenters. The molecule has 0 aliphatic carbocycles. The van der Waals surface area contributed by atoms with Crippen LogP contribution in [0.1, 0.15) is 27.0 Å². The fraction of sp³-hybridized carbons (Fsp3) is 0.222. The molecule has 3 aromatic carbocycles. The van der Waals surface area contributed by atoms with Crippen molar-refractivity contribution >= 4 is 33.9 Å². The van der Waals surface area contributed by atoms with E-state index >= 15 is 0 Å². The molecule has 9 heteroatoms. The molecule has 36 heavy (non-hydrogen) atoms. The molecule has 1 fully saturated rings. The number of morpholine rings is 1. The number of aliphatic imine (C=N–C) groups is 1. The first-order chi connectivity index (χ1) is 17.5. The average molecular weight is 488 g/mol. The normalized spacial score (nSPS) is 15.2. The van der Waals surface area contributed by atoms with Crippen LogP contribution in [0.5, 0.6) is 0 Å². The summed E-state index contributed by atoms with van der Waals surface area (Å²) in [6.45, 7) is 3.70. The lowest BCUT2D eigenvalue weighted by Gasteiger charge is -2.28. The Balaban J connectivity index is 1.25. The minimum Gasteiger partial charge on any atom is -0.378 e. The van der Waals surface area contributed by atoms with E-state index in [4.69, 9.17) is 9.73 Å². The SMILES string of the molecule is Cn1ncc2c(F)c(C(=O)Nc3ccc4c(c3)C(c3ccc(N5CCOCC5)cc3)=NC4)c(F)cc21. The summed E-state index contributed by atoms with van der Waals surface area (Å²) in [7, 11) is 1.58. The molecular formula is C27H23F2N5O2. The fourth-order valence-electron chi connectivity index (χ4n) is 4.78. The van der Waals surface area contributed by atoms with Gasteiger partial charge in [-0.2, -0.15) is 5.10 Å². The lowest BCUT2D eigenvalue weighted by molar-refractivity contribution is 0.101. The van der Waals surface area contributed by atoms with Gasteiger partial charge in [0, 0.05) is 48.7 Å². The maximum absolute atomic E-state index is 15.0. The zero-order valence-corrected chi connectivity index (χ0v) is 19.6. The molecule has 3 heterocycles. The molecule has 1 N–H and O–H groups in total. The highest BCUT2D eigenvalue weighted by molar-refractivity contribution is 6.16. The first-order valence-corrected chi connectivity index (χ1v) is 11.7. The van der Waals surface area contributed by atoms with Gasteiger partial charge in [-0.05, 0) is 29.8 Å². The van der Waals surface area contributed by atoms with Crippen molar-refractivity contribution in [1.29, 1.82) is 0 Å². The van der Waals surface area contributed by atoms with Crippen molar-refractivity contribution in [2.45, 2.75) is 6.54 Å². The fourth-order valence-corrected chi connectivity index (χ4v) is 4.78. The van der Waals surface area contributed by atoms with Crippen LogP contribution in [0.25, 0.3) is 10.9 Å². The second-order valence-corrected chi connectivity index (χ2v) is 8.89. The van der Waals surface area contributed by atoms with Crippen LogP contribution >= 0.6 is 0 Å². The lowest BCUT2D eigenvalue weighted by atomic mass is 9.99. The van der Waals surface area contributed by atoms with Crippen molar-refractivity contribution < 1.29 is 18.3 Å². The van der Waals surface area contributed by atoms with E-state index < -0.39 is 23.1 Å². The van der Waals surface area contributed by atoms with Gasteiger partial charge in [0.05, 0.1) is 42.6 Å².